The Morgan fingerprint density at radius 1 is 1.21 bits per heavy atom. The zero-order valence-corrected chi connectivity index (χ0v) is 19.0. The van der Waals surface area contributed by atoms with E-state index in [2.05, 4.69) is 15.5 Å². The summed E-state index contributed by atoms with van der Waals surface area (Å²) in [5.41, 5.74) is 4.64. The summed E-state index contributed by atoms with van der Waals surface area (Å²) in [4.78, 5) is 30.4. The molecule has 2 heterocycles. The summed E-state index contributed by atoms with van der Waals surface area (Å²) >= 11 is 1.40. The third-order valence-corrected chi connectivity index (χ3v) is 5.74. The van der Waals surface area contributed by atoms with Crippen LogP contribution in [-0.2, 0) is 11.3 Å². The summed E-state index contributed by atoms with van der Waals surface area (Å²) in [6, 6.07) is 15.0. The van der Waals surface area contributed by atoms with Crippen molar-refractivity contribution in [3.05, 3.63) is 76.2 Å². The topological polar surface area (TPSA) is 94.8 Å². The second-order valence-corrected chi connectivity index (χ2v) is 7.87. The monoisotopic (exact) mass is 462 g/mol. The van der Waals surface area contributed by atoms with E-state index in [0.29, 0.717) is 28.3 Å². The van der Waals surface area contributed by atoms with Crippen LogP contribution in [0, 0.1) is 0 Å². The Hall–Kier alpha value is -3.98. The number of carbonyl (C=O) groups is 1. The molecule has 0 spiro atoms. The largest absolute Gasteiger partial charge is 0.493 e. The molecule has 0 saturated carbocycles. The molecule has 0 fully saturated rings. The molecule has 1 N–H and O–H groups in total. The Morgan fingerprint density at radius 3 is 2.79 bits per heavy atom. The van der Waals surface area contributed by atoms with Crippen molar-refractivity contribution in [3.8, 4) is 22.6 Å². The van der Waals surface area contributed by atoms with Gasteiger partial charge in [-0.3, -0.25) is 14.2 Å². The number of nitrogens with one attached hydrogen (secondary N) is 1. The van der Waals surface area contributed by atoms with Gasteiger partial charge in [-0.25, -0.2) is 10.4 Å². The van der Waals surface area contributed by atoms with Gasteiger partial charge < -0.3 is 9.47 Å². The Bertz CT molecular complexity index is 1360. The molecule has 4 aromatic rings. The van der Waals surface area contributed by atoms with Crippen molar-refractivity contribution < 1.29 is 14.3 Å². The van der Waals surface area contributed by atoms with Gasteiger partial charge in [0.1, 0.15) is 11.4 Å². The van der Waals surface area contributed by atoms with Crippen molar-refractivity contribution in [2.45, 2.75) is 13.5 Å². The zero-order valence-electron chi connectivity index (χ0n) is 18.1. The molecule has 1 amide bonds. The number of aromatic nitrogens is 2. The average Bonchev–Trinajstić information content (AvgIpc) is 3.27. The molecule has 0 atom stereocenters. The number of thiophene rings is 1. The minimum atomic E-state index is -0.441. The molecule has 0 aliphatic rings. The van der Waals surface area contributed by atoms with E-state index in [-0.39, 0.29) is 12.1 Å². The third-order valence-electron chi connectivity index (χ3n) is 4.85. The molecule has 0 unspecified atom stereocenters. The minimum absolute atomic E-state index is 0.199. The normalized spacial score (nSPS) is 11.1. The number of benzene rings is 2. The van der Waals surface area contributed by atoms with Crippen molar-refractivity contribution in [3.63, 3.8) is 0 Å². The Labute approximate surface area is 194 Å². The van der Waals surface area contributed by atoms with Gasteiger partial charge in [0.15, 0.2) is 11.5 Å². The van der Waals surface area contributed by atoms with Gasteiger partial charge in [-0.1, -0.05) is 30.3 Å². The summed E-state index contributed by atoms with van der Waals surface area (Å²) in [6.45, 7) is 2.22. The molecular formula is C24H22N4O4S. The molecule has 9 heteroatoms. The van der Waals surface area contributed by atoms with Crippen molar-refractivity contribution in [2.75, 3.05) is 13.7 Å². The zero-order chi connectivity index (χ0) is 23.2. The number of rotatable bonds is 8. The highest BCUT2D eigenvalue weighted by Crippen LogP contribution is 2.30. The third kappa shape index (κ3) is 4.93. The van der Waals surface area contributed by atoms with E-state index in [9.17, 15) is 9.59 Å². The van der Waals surface area contributed by atoms with Crippen molar-refractivity contribution in [1.29, 1.82) is 0 Å². The summed E-state index contributed by atoms with van der Waals surface area (Å²) < 4.78 is 12.1. The molecule has 0 aliphatic heterocycles. The van der Waals surface area contributed by atoms with Crippen LogP contribution in [0.15, 0.2) is 70.1 Å². The van der Waals surface area contributed by atoms with Crippen LogP contribution in [0.4, 0.5) is 0 Å². The van der Waals surface area contributed by atoms with Crippen LogP contribution in [0.2, 0.25) is 0 Å². The summed E-state index contributed by atoms with van der Waals surface area (Å²) in [5.74, 6) is 0.763. The quantitative estimate of drug-likeness (QED) is 0.318. The highest BCUT2D eigenvalue weighted by atomic mass is 32.1. The van der Waals surface area contributed by atoms with Gasteiger partial charge in [0, 0.05) is 10.9 Å². The maximum atomic E-state index is 13.1. The van der Waals surface area contributed by atoms with E-state index >= 15 is 0 Å². The second-order valence-electron chi connectivity index (χ2n) is 7.01. The summed E-state index contributed by atoms with van der Waals surface area (Å²) in [5, 5.41) is 6.40. The number of ether oxygens (including phenoxy) is 2. The molecule has 0 bridgehead atoms. The number of fused-ring (bicyclic) bond motifs is 1. The van der Waals surface area contributed by atoms with Gasteiger partial charge >= 0.3 is 0 Å². The fourth-order valence-corrected chi connectivity index (χ4v) is 4.22. The first kappa shape index (κ1) is 22.2. The van der Waals surface area contributed by atoms with Crippen LogP contribution in [0.3, 0.4) is 0 Å². The van der Waals surface area contributed by atoms with Gasteiger partial charge in [-0.2, -0.15) is 5.10 Å². The van der Waals surface area contributed by atoms with E-state index in [1.54, 1.807) is 25.3 Å². The number of carbonyl (C=O) groups excluding carboxylic acids is 1. The molecule has 0 saturated heterocycles. The maximum absolute atomic E-state index is 13.1. The lowest BCUT2D eigenvalue weighted by Crippen LogP contribution is -2.30. The summed E-state index contributed by atoms with van der Waals surface area (Å²) in [6.07, 6.45) is 2.88. The molecule has 8 nitrogen and oxygen atoms in total. The first-order valence-electron chi connectivity index (χ1n) is 10.3. The number of nitrogens with zero attached hydrogens (tertiary/aromatic N) is 3. The van der Waals surface area contributed by atoms with Crippen LogP contribution >= 0.6 is 11.3 Å². The Kier molecular flexibility index (Phi) is 6.80. The molecule has 0 radical (unpaired) electrons. The molecule has 4 rings (SSSR count). The first-order chi connectivity index (χ1) is 16.1. The van der Waals surface area contributed by atoms with E-state index in [1.165, 1.54) is 28.4 Å². The fraction of sp³-hybridized carbons (Fsp3) is 0.167. The van der Waals surface area contributed by atoms with Gasteiger partial charge in [0.2, 0.25) is 0 Å². The molecule has 168 valence electrons. The Balaban J connectivity index is 1.48. The number of hydrazone groups is 1. The SMILES string of the molecule is CCOc1ccc(/C=N/NC(=O)Cn2cnc3scc(-c4ccccc4)c3c2=O)cc1OC. The molecule has 33 heavy (non-hydrogen) atoms. The fourth-order valence-electron chi connectivity index (χ4n) is 3.32. The van der Waals surface area contributed by atoms with Crippen LogP contribution in [-0.4, -0.2) is 35.4 Å². The first-order valence-corrected chi connectivity index (χ1v) is 11.1. The van der Waals surface area contributed by atoms with Crippen LogP contribution in [0.25, 0.3) is 21.3 Å². The van der Waals surface area contributed by atoms with Gasteiger partial charge in [0.05, 0.1) is 31.6 Å². The molecule has 0 aliphatic carbocycles. The van der Waals surface area contributed by atoms with Gasteiger partial charge in [-0.05, 0) is 36.2 Å². The van der Waals surface area contributed by atoms with Gasteiger partial charge in [0.25, 0.3) is 11.5 Å². The molecule has 2 aromatic carbocycles. The number of amides is 1. The predicted octanol–water partition coefficient (Wildman–Crippen LogP) is 3.68. The average molecular weight is 463 g/mol. The van der Waals surface area contributed by atoms with Crippen LogP contribution in [0.5, 0.6) is 11.5 Å². The smallest absolute Gasteiger partial charge is 0.263 e. The summed E-state index contributed by atoms with van der Waals surface area (Å²) in [7, 11) is 1.56. The van der Waals surface area contributed by atoms with Crippen LogP contribution in [0.1, 0.15) is 12.5 Å². The van der Waals surface area contributed by atoms with Crippen molar-refractivity contribution in [2.24, 2.45) is 5.10 Å². The second kappa shape index (κ2) is 10.1. The number of methoxy groups -OCH3 is 1. The van der Waals surface area contributed by atoms with E-state index in [1.807, 2.05) is 42.6 Å². The number of hydrogen-bond donors (Lipinski definition) is 1. The van der Waals surface area contributed by atoms with E-state index in [0.717, 1.165) is 16.7 Å². The van der Waals surface area contributed by atoms with E-state index in [4.69, 9.17) is 9.47 Å². The van der Waals surface area contributed by atoms with Crippen molar-refractivity contribution in [1.82, 2.24) is 15.0 Å². The van der Waals surface area contributed by atoms with E-state index < -0.39 is 5.91 Å². The predicted molar refractivity (Wildman–Crippen MR) is 129 cm³/mol. The lowest BCUT2D eigenvalue weighted by atomic mass is 10.1. The lowest BCUT2D eigenvalue weighted by Gasteiger charge is -2.09. The maximum Gasteiger partial charge on any atom is 0.263 e. The molecule has 2 aromatic heterocycles. The lowest BCUT2D eigenvalue weighted by molar-refractivity contribution is -0.121. The minimum Gasteiger partial charge on any atom is -0.493 e. The number of hydrogen-bond acceptors (Lipinski definition) is 7. The standard InChI is InChI=1S/C24H22N4O4S/c1-3-32-19-10-9-16(11-20(19)31-2)12-26-27-21(29)13-28-15-25-23-22(24(28)30)18(14-33-23)17-7-5-4-6-8-17/h4-12,14-15H,3,13H2,1-2H3,(H,27,29)/b26-12+. The van der Waals surface area contributed by atoms with Gasteiger partial charge in [-0.15, -0.1) is 11.3 Å². The highest BCUT2D eigenvalue weighted by molar-refractivity contribution is 7.17. The highest BCUT2D eigenvalue weighted by Gasteiger charge is 2.14. The Morgan fingerprint density at radius 2 is 2.03 bits per heavy atom. The van der Waals surface area contributed by atoms with Crippen molar-refractivity contribution >= 4 is 33.7 Å². The van der Waals surface area contributed by atoms with Crippen LogP contribution < -0.4 is 20.5 Å². The molecular weight excluding hydrogens is 440 g/mol.